The maximum absolute atomic E-state index is 13.0. The summed E-state index contributed by atoms with van der Waals surface area (Å²) in [6.45, 7) is 0. The number of nitriles is 1. The van der Waals surface area contributed by atoms with Gasteiger partial charge in [-0.1, -0.05) is 18.2 Å². The van der Waals surface area contributed by atoms with E-state index in [0.29, 0.717) is 5.56 Å². The normalized spacial score (nSPS) is 12.1. The molecular formula is C9H9FN2. The number of hydrogen-bond acceptors (Lipinski definition) is 2. The van der Waals surface area contributed by atoms with Gasteiger partial charge in [-0.25, -0.2) is 4.39 Å². The van der Waals surface area contributed by atoms with Crippen molar-refractivity contribution >= 4 is 0 Å². The van der Waals surface area contributed by atoms with Gasteiger partial charge in [0.05, 0.1) is 12.5 Å². The Morgan fingerprint density at radius 2 is 2.17 bits per heavy atom. The highest BCUT2D eigenvalue weighted by Crippen LogP contribution is 2.16. The minimum absolute atomic E-state index is 0.140. The van der Waals surface area contributed by atoms with Crippen molar-refractivity contribution in [2.24, 2.45) is 5.73 Å². The smallest absolute Gasteiger partial charge is 0.128 e. The Hall–Kier alpha value is -1.40. The molecule has 0 aromatic heterocycles. The van der Waals surface area contributed by atoms with E-state index in [4.69, 9.17) is 11.0 Å². The van der Waals surface area contributed by atoms with Crippen LogP contribution >= 0.6 is 0 Å². The summed E-state index contributed by atoms with van der Waals surface area (Å²) >= 11 is 0. The van der Waals surface area contributed by atoms with Crippen LogP contribution in [0, 0.1) is 17.1 Å². The molecule has 0 fully saturated rings. The Bertz CT molecular complexity index is 304. The summed E-state index contributed by atoms with van der Waals surface area (Å²) in [7, 11) is 0. The lowest BCUT2D eigenvalue weighted by atomic mass is 10.1. The summed E-state index contributed by atoms with van der Waals surface area (Å²) in [6, 6.07) is 7.62. The zero-order chi connectivity index (χ0) is 8.97. The van der Waals surface area contributed by atoms with Crippen LogP contribution in [-0.2, 0) is 0 Å². The average Bonchev–Trinajstić information content (AvgIpc) is 2.05. The van der Waals surface area contributed by atoms with Crippen LogP contribution in [0.2, 0.25) is 0 Å². The number of halogens is 1. The van der Waals surface area contributed by atoms with Crippen LogP contribution in [0.4, 0.5) is 4.39 Å². The van der Waals surface area contributed by atoms with Gasteiger partial charge in [0.25, 0.3) is 0 Å². The van der Waals surface area contributed by atoms with Crippen LogP contribution in [0.5, 0.6) is 0 Å². The van der Waals surface area contributed by atoms with Crippen molar-refractivity contribution in [2.75, 3.05) is 0 Å². The summed E-state index contributed by atoms with van der Waals surface area (Å²) in [5, 5.41) is 8.34. The molecule has 3 heteroatoms. The van der Waals surface area contributed by atoms with Crippen molar-refractivity contribution in [2.45, 2.75) is 12.5 Å². The molecule has 2 N–H and O–H groups in total. The molecule has 62 valence electrons. The molecule has 0 bridgehead atoms. The zero-order valence-corrected chi connectivity index (χ0v) is 6.50. The van der Waals surface area contributed by atoms with E-state index in [1.807, 2.05) is 6.07 Å². The minimum atomic E-state index is -0.517. The Labute approximate surface area is 70.4 Å². The predicted molar refractivity (Wildman–Crippen MR) is 43.6 cm³/mol. The molecule has 0 saturated heterocycles. The van der Waals surface area contributed by atoms with Crippen LogP contribution in [0.15, 0.2) is 24.3 Å². The second-order valence-electron chi connectivity index (χ2n) is 2.49. The molecular weight excluding hydrogens is 155 g/mol. The predicted octanol–water partition coefficient (Wildman–Crippen LogP) is 1.74. The zero-order valence-electron chi connectivity index (χ0n) is 6.50. The lowest BCUT2D eigenvalue weighted by Crippen LogP contribution is -2.10. The first-order valence-corrected chi connectivity index (χ1v) is 3.62. The van der Waals surface area contributed by atoms with Gasteiger partial charge in [-0.2, -0.15) is 5.26 Å². The van der Waals surface area contributed by atoms with Gasteiger partial charge in [-0.15, -0.1) is 0 Å². The molecule has 0 amide bonds. The van der Waals surface area contributed by atoms with E-state index in [1.54, 1.807) is 18.2 Å². The lowest BCUT2D eigenvalue weighted by Gasteiger charge is -2.07. The van der Waals surface area contributed by atoms with Crippen LogP contribution in [0.25, 0.3) is 0 Å². The summed E-state index contributed by atoms with van der Waals surface area (Å²) in [5.41, 5.74) is 5.95. The first kappa shape index (κ1) is 8.69. The second-order valence-corrected chi connectivity index (χ2v) is 2.49. The van der Waals surface area contributed by atoms with Crippen LogP contribution in [-0.4, -0.2) is 0 Å². The Morgan fingerprint density at radius 1 is 1.50 bits per heavy atom. The molecule has 0 radical (unpaired) electrons. The fourth-order valence-electron chi connectivity index (χ4n) is 0.984. The fourth-order valence-corrected chi connectivity index (χ4v) is 0.984. The van der Waals surface area contributed by atoms with E-state index in [9.17, 15) is 4.39 Å². The fraction of sp³-hybridized carbons (Fsp3) is 0.222. The Balaban J connectivity index is 2.88. The third-order valence-corrected chi connectivity index (χ3v) is 1.62. The number of hydrogen-bond donors (Lipinski definition) is 1. The third-order valence-electron chi connectivity index (χ3n) is 1.62. The average molecular weight is 164 g/mol. The molecule has 1 aromatic rings. The largest absolute Gasteiger partial charge is 0.323 e. The van der Waals surface area contributed by atoms with Gasteiger partial charge < -0.3 is 5.73 Å². The van der Waals surface area contributed by atoms with Crippen molar-refractivity contribution in [1.29, 1.82) is 5.26 Å². The molecule has 0 aliphatic heterocycles. The third kappa shape index (κ3) is 1.80. The number of nitrogens with zero attached hydrogens (tertiary/aromatic N) is 1. The quantitative estimate of drug-likeness (QED) is 0.723. The van der Waals surface area contributed by atoms with Gasteiger partial charge in [-0.3, -0.25) is 0 Å². The monoisotopic (exact) mass is 164 g/mol. The Kier molecular flexibility index (Phi) is 2.78. The Morgan fingerprint density at radius 3 is 2.75 bits per heavy atom. The van der Waals surface area contributed by atoms with Gasteiger partial charge in [0.2, 0.25) is 0 Å². The van der Waals surface area contributed by atoms with Crippen molar-refractivity contribution in [3.05, 3.63) is 35.6 Å². The number of benzene rings is 1. The van der Waals surface area contributed by atoms with Gasteiger partial charge in [-0.05, 0) is 6.07 Å². The van der Waals surface area contributed by atoms with Crippen LogP contribution in [0.3, 0.4) is 0 Å². The van der Waals surface area contributed by atoms with Gasteiger partial charge in [0.15, 0.2) is 0 Å². The highest BCUT2D eigenvalue weighted by Gasteiger charge is 2.08. The lowest BCUT2D eigenvalue weighted by molar-refractivity contribution is 0.585. The SMILES string of the molecule is N#CCC(N)c1ccccc1F. The maximum atomic E-state index is 13.0. The maximum Gasteiger partial charge on any atom is 0.128 e. The first-order chi connectivity index (χ1) is 5.75. The summed E-state index contributed by atoms with van der Waals surface area (Å²) < 4.78 is 13.0. The highest BCUT2D eigenvalue weighted by molar-refractivity contribution is 5.21. The van der Waals surface area contributed by atoms with E-state index in [0.717, 1.165) is 0 Å². The molecule has 1 aromatic carbocycles. The molecule has 1 rings (SSSR count). The second kappa shape index (κ2) is 3.84. The van der Waals surface area contributed by atoms with E-state index in [1.165, 1.54) is 6.07 Å². The van der Waals surface area contributed by atoms with Crippen molar-refractivity contribution in [3.63, 3.8) is 0 Å². The van der Waals surface area contributed by atoms with Crippen LogP contribution < -0.4 is 5.73 Å². The number of nitrogens with two attached hydrogens (primary N) is 1. The molecule has 2 nitrogen and oxygen atoms in total. The van der Waals surface area contributed by atoms with Crippen molar-refractivity contribution in [3.8, 4) is 6.07 Å². The molecule has 0 heterocycles. The number of rotatable bonds is 2. The van der Waals surface area contributed by atoms with Crippen LogP contribution in [0.1, 0.15) is 18.0 Å². The highest BCUT2D eigenvalue weighted by atomic mass is 19.1. The van der Waals surface area contributed by atoms with Crippen molar-refractivity contribution in [1.82, 2.24) is 0 Å². The minimum Gasteiger partial charge on any atom is -0.323 e. The molecule has 0 spiro atoms. The van der Waals surface area contributed by atoms with E-state index < -0.39 is 6.04 Å². The van der Waals surface area contributed by atoms with Gasteiger partial charge in [0, 0.05) is 11.6 Å². The summed E-state index contributed by atoms with van der Waals surface area (Å²) in [5.74, 6) is -0.347. The van der Waals surface area contributed by atoms with Gasteiger partial charge in [0.1, 0.15) is 5.82 Å². The molecule has 1 unspecified atom stereocenters. The summed E-state index contributed by atoms with van der Waals surface area (Å²) in [6.07, 6.45) is 0.140. The topological polar surface area (TPSA) is 49.8 Å². The molecule has 0 saturated carbocycles. The van der Waals surface area contributed by atoms with E-state index in [-0.39, 0.29) is 12.2 Å². The molecule has 0 aliphatic carbocycles. The molecule has 0 aliphatic rings. The summed E-state index contributed by atoms with van der Waals surface area (Å²) in [4.78, 5) is 0. The van der Waals surface area contributed by atoms with E-state index >= 15 is 0 Å². The first-order valence-electron chi connectivity index (χ1n) is 3.62. The molecule has 1 atom stereocenters. The van der Waals surface area contributed by atoms with Gasteiger partial charge >= 0.3 is 0 Å². The standard InChI is InChI=1S/C9H9FN2/c10-8-4-2-1-3-7(8)9(12)5-6-11/h1-4,9H,5,12H2. The van der Waals surface area contributed by atoms with E-state index in [2.05, 4.69) is 0 Å². The molecule has 12 heavy (non-hydrogen) atoms. The van der Waals surface area contributed by atoms with Crippen molar-refractivity contribution < 1.29 is 4.39 Å².